The van der Waals surface area contributed by atoms with E-state index < -0.39 is 0 Å². The normalized spacial score (nSPS) is 22.0. The molecule has 1 aromatic heterocycles. The summed E-state index contributed by atoms with van der Waals surface area (Å²) in [6.45, 7) is 1.43. The van der Waals surface area contributed by atoms with Gasteiger partial charge in [-0.25, -0.2) is 0 Å². The number of nitrogens with one attached hydrogen (secondary N) is 2. The molecule has 0 aromatic carbocycles. The van der Waals surface area contributed by atoms with E-state index in [1.54, 1.807) is 6.26 Å². The highest BCUT2D eigenvalue weighted by molar-refractivity contribution is 14.0. The minimum Gasteiger partial charge on any atom is -0.469 e. The van der Waals surface area contributed by atoms with E-state index in [-0.39, 0.29) is 35.9 Å². The number of likely N-dealkylation sites (tertiary alicyclic amines) is 1. The number of hydrogen-bond donors (Lipinski definition) is 2. The van der Waals surface area contributed by atoms with Crippen LogP contribution in [0.3, 0.4) is 0 Å². The standard InChI is InChI=1S/C19H30N4O2.HI/c1-23-14-16(9-10-18(23)24)22-19(21-15-6-3-2-4-7-15)20-12-11-17-8-5-13-25-17;/h5,8,13,15-16H,2-4,6-7,9-12,14H2,1H3,(H2,20,21,22);1H. The van der Waals surface area contributed by atoms with Crippen LogP contribution in [0.1, 0.15) is 50.7 Å². The van der Waals surface area contributed by atoms with Crippen LogP contribution >= 0.6 is 24.0 Å². The number of guanidine groups is 1. The van der Waals surface area contributed by atoms with Crippen molar-refractivity contribution in [3.63, 3.8) is 0 Å². The quantitative estimate of drug-likeness (QED) is 0.391. The minimum atomic E-state index is 0. The number of amides is 1. The summed E-state index contributed by atoms with van der Waals surface area (Å²) in [6, 6.07) is 4.67. The first-order valence-corrected chi connectivity index (χ1v) is 9.54. The predicted molar refractivity (Wildman–Crippen MR) is 114 cm³/mol. The molecular weight excluding hydrogens is 443 g/mol. The SMILES string of the molecule is CN1CC(NC(=NCCc2ccco2)NC2CCCCC2)CCC1=O.I. The molecule has 1 saturated carbocycles. The second-order valence-corrected chi connectivity index (χ2v) is 7.19. The molecule has 1 saturated heterocycles. The smallest absolute Gasteiger partial charge is 0.222 e. The van der Waals surface area contributed by atoms with Crippen LogP contribution in [0.4, 0.5) is 0 Å². The van der Waals surface area contributed by atoms with Gasteiger partial charge in [0, 0.05) is 45.1 Å². The fraction of sp³-hybridized carbons (Fsp3) is 0.684. The van der Waals surface area contributed by atoms with E-state index in [1.807, 2.05) is 24.1 Å². The average molecular weight is 474 g/mol. The van der Waals surface area contributed by atoms with E-state index in [0.717, 1.165) is 31.1 Å². The van der Waals surface area contributed by atoms with Crippen LogP contribution in [-0.2, 0) is 11.2 Å². The molecule has 3 rings (SSSR count). The third kappa shape index (κ3) is 6.48. The Labute approximate surface area is 173 Å². The van der Waals surface area contributed by atoms with Crippen molar-refractivity contribution in [3.8, 4) is 0 Å². The van der Waals surface area contributed by atoms with Crippen LogP contribution in [0, 0.1) is 0 Å². The molecule has 0 radical (unpaired) electrons. The second kappa shape index (κ2) is 10.8. The van der Waals surface area contributed by atoms with Gasteiger partial charge < -0.3 is 20.0 Å². The molecule has 26 heavy (non-hydrogen) atoms. The summed E-state index contributed by atoms with van der Waals surface area (Å²) in [4.78, 5) is 18.3. The predicted octanol–water partition coefficient (Wildman–Crippen LogP) is 2.93. The lowest BCUT2D eigenvalue weighted by atomic mass is 9.96. The highest BCUT2D eigenvalue weighted by atomic mass is 127. The van der Waals surface area contributed by atoms with E-state index in [9.17, 15) is 4.79 Å². The number of hydrogen-bond acceptors (Lipinski definition) is 3. The van der Waals surface area contributed by atoms with Gasteiger partial charge in [-0.1, -0.05) is 19.3 Å². The summed E-state index contributed by atoms with van der Waals surface area (Å²) >= 11 is 0. The highest BCUT2D eigenvalue weighted by Gasteiger charge is 2.24. The van der Waals surface area contributed by atoms with Crippen LogP contribution in [0.2, 0.25) is 0 Å². The summed E-state index contributed by atoms with van der Waals surface area (Å²) in [6.07, 6.45) is 10.3. The van der Waals surface area contributed by atoms with E-state index in [1.165, 1.54) is 32.1 Å². The van der Waals surface area contributed by atoms with Crippen LogP contribution in [0.25, 0.3) is 0 Å². The van der Waals surface area contributed by atoms with E-state index in [2.05, 4.69) is 10.6 Å². The molecule has 1 aliphatic carbocycles. The van der Waals surface area contributed by atoms with Crippen molar-refractivity contribution in [2.24, 2.45) is 4.99 Å². The Hall–Kier alpha value is -1.25. The lowest BCUT2D eigenvalue weighted by Gasteiger charge is -2.32. The first-order chi connectivity index (χ1) is 12.2. The van der Waals surface area contributed by atoms with Crippen molar-refractivity contribution < 1.29 is 9.21 Å². The lowest BCUT2D eigenvalue weighted by Crippen LogP contribution is -2.53. The first kappa shape index (κ1) is 21.1. The zero-order chi connectivity index (χ0) is 17.5. The summed E-state index contributed by atoms with van der Waals surface area (Å²) in [5.74, 6) is 2.07. The number of furan rings is 1. The average Bonchev–Trinajstić information content (AvgIpc) is 3.12. The maximum Gasteiger partial charge on any atom is 0.222 e. The number of likely N-dealkylation sites (N-methyl/N-ethyl adjacent to an activating group) is 1. The summed E-state index contributed by atoms with van der Waals surface area (Å²) in [7, 11) is 1.87. The minimum absolute atomic E-state index is 0. The van der Waals surface area contributed by atoms with E-state index in [4.69, 9.17) is 9.41 Å². The Kier molecular flexibility index (Phi) is 8.74. The fourth-order valence-corrected chi connectivity index (χ4v) is 3.63. The molecule has 1 unspecified atom stereocenters. The molecule has 0 bridgehead atoms. The molecule has 1 atom stereocenters. The lowest BCUT2D eigenvalue weighted by molar-refractivity contribution is -0.132. The monoisotopic (exact) mass is 474 g/mol. The van der Waals surface area contributed by atoms with Crippen LogP contribution in [-0.4, -0.2) is 49.0 Å². The van der Waals surface area contributed by atoms with E-state index >= 15 is 0 Å². The van der Waals surface area contributed by atoms with Crippen LogP contribution in [0.15, 0.2) is 27.8 Å². The molecular formula is C19H31IN4O2. The van der Waals surface area contributed by atoms with Gasteiger partial charge in [-0.05, 0) is 31.4 Å². The van der Waals surface area contributed by atoms with Gasteiger partial charge in [-0.2, -0.15) is 0 Å². The largest absolute Gasteiger partial charge is 0.469 e. The van der Waals surface area contributed by atoms with E-state index in [0.29, 0.717) is 19.0 Å². The van der Waals surface area contributed by atoms with Crippen molar-refractivity contribution in [3.05, 3.63) is 24.2 Å². The molecule has 1 aliphatic heterocycles. The first-order valence-electron chi connectivity index (χ1n) is 9.54. The number of halogens is 1. The number of rotatable bonds is 5. The van der Waals surface area contributed by atoms with Crippen molar-refractivity contribution >= 4 is 35.8 Å². The zero-order valence-electron chi connectivity index (χ0n) is 15.6. The second-order valence-electron chi connectivity index (χ2n) is 7.19. The molecule has 1 amide bonds. The molecule has 2 heterocycles. The van der Waals surface area contributed by atoms with Gasteiger partial charge in [0.05, 0.1) is 6.26 Å². The molecule has 2 N–H and O–H groups in total. The number of aliphatic imine (C=N–C) groups is 1. The zero-order valence-corrected chi connectivity index (χ0v) is 17.9. The molecule has 2 fully saturated rings. The number of piperidine rings is 1. The Bertz CT molecular complexity index is 570. The third-order valence-electron chi connectivity index (χ3n) is 5.12. The molecule has 1 aromatic rings. The number of carbonyl (C=O) groups is 1. The topological polar surface area (TPSA) is 69.9 Å². The Morgan fingerprint density at radius 1 is 1.23 bits per heavy atom. The molecule has 146 valence electrons. The van der Waals surface area contributed by atoms with Crippen LogP contribution in [0.5, 0.6) is 0 Å². The van der Waals surface area contributed by atoms with Crippen molar-refractivity contribution in [2.45, 2.75) is 63.5 Å². The molecule has 6 nitrogen and oxygen atoms in total. The van der Waals surface area contributed by atoms with Crippen LogP contribution < -0.4 is 10.6 Å². The molecule has 7 heteroatoms. The fourth-order valence-electron chi connectivity index (χ4n) is 3.63. The number of carbonyl (C=O) groups excluding carboxylic acids is 1. The Morgan fingerprint density at radius 2 is 2.00 bits per heavy atom. The highest BCUT2D eigenvalue weighted by Crippen LogP contribution is 2.17. The Morgan fingerprint density at radius 3 is 2.69 bits per heavy atom. The van der Waals surface area contributed by atoms with Gasteiger partial charge >= 0.3 is 0 Å². The number of nitrogens with zero attached hydrogens (tertiary/aromatic N) is 2. The Balaban J connectivity index is 0.00000243. The third-order valence-corrected chi connectivity index (χ3v) is 5.12. The molecule has 2 aliphatic rings. The maximum absolute atomic E-state index is 11.7. The summed E-state index contributed by atoms with van der Waals surface area (Å²) in [5, 5.41) is 7.16. The van der Waals surface area contributed by atoms with Gasteiger partial charge in [-0.3, -0.25) is 9.79 Å². The van der Waals surface area contributed by atoms with Gasteiger partial charge in [0.1, 0.15) is 5.76 Å². The van der Waals surface area contributed by atoms with Gasteiger partial charge in [0.2, 0.25) is 5.91 Å². The van der Waals surface area contributed by atoms with Crippen molar-refractivity contribution in [1.82, 2.24) is 15.5 Å². The van der Waals surface area contributed by atoms with Crippen molar-refractivity contribution in [1.29, 1.82) is 0 Å². The summed E-state index contributed by atoms with van der Waals surface area (Å²) in [5.41, 5.74) is 0. The molecule has 0 spiro atoms. The van der Waals surface area contributed by atoms with Gasteiger partial charge in [0.15, 0.2) is 5.96 Å². The van der Waals surface area contributed by atoms with Crippen molar-refractivity contribution in [2.75, 3.05) is 20.1 Å². The van der Waals surface area contributed by atoms with Gasteiger partial charge in [-0.15, -0.1) is 24.0 Å². The van der Waals surface area contributed by atoms with Gasteiger partial charge in [0.25, 0.3) is 0 Å². The maximum atomic E-state index is 11.7. The summed E-state index contributed by atoms with van der Waals surface area (Å²) < 4.78 is 5.39.